The molecule has 0 spiro atoms. The van der Waals surface area contributed by atoms with Crippen LogP contribution in [-0.2, 0) is 0 Å². The van der Waals surface area contributed by atoms with Crippen molar-refractivity contribution in [1.29, 1.82) is 0 Å². The molecule has 0 saturated heterocycles. The van der Waals surface area contributed by atoms with Crippen LogP contribution in [0, 0.1) is 0 Å². The Kier molecular flexibility index (Phi) is 3.32. The largest absolute Gasteiger partial charge is 0.289 e. The van der Waals surface area contributed by atoms with Gasteiger partial charge in [0.05, 0.1) is 0 Å². The number of hydrogen-bond acceptors (Lipinski definition) is 1. The van der Waals surface area contributed by atoms with E-state index in [2.05, 4.69) is 54.6 Å². The van der Waals surface area contributed by atoms with Crippen LogP contribution in [0.3, 0.4) is 0 Å². The summed E-state index contributed by atoms with van der Waals surface area (Å²) in [7, 11) is 0. The summed E-state index contributed by atoms with van der Waals surface area (Å²) < 4.78 is 0. The SMILES string of the molecule is O=C(/C=C/c1ccc2ccc3cccc4ccc1c2c34)c1ccccc1. The fraction of sp³-hybridized carbons (Fsp3) is 0. The molecule has 0 atom stereocenters. The van der Waals surface area contributed by atoms with Gasteiger partial charge in [-0.2, -0.15) is 0 Å². The summed E-state index contributed by atoms with van der Waals surface area (Å²) in [6, 6.07) is 28.7. The highest BCUT2D eigenvalue weighted by Gasteiger charge is 2.09. The van der Waals surface area contributed by atoms with Crippen LogP contribution in [0.4, 0.5) is 0 Å². The van der Waals surface area contributed by atoms with Gasteiger partial charge < -0.3 is 0 Å². The third-order valence-electron chi connectivity index (χ3n) is 5.03. The number of benzene rings is 5. The highest BCUT2D eigenvalue weighted by molar-refractivity contribution is 6.24. The Morgan fingerprint density at radius 1 is 0.615 bits per heavy atom. The number of allylic oxidation sites excluding steroid dienone is 1. The molecule has 1 nitrogen and oxygen atoms in total. The van der Waals surface area contributed by atoms with Crippen molar-refractivity contribution in [2.24, 2.45) is 0 Å². The lowest BCUT2D eigenvalue weighted by Crippen LogP contribution is -1.93. The lowest BCUT2D eigenvalue weighted by atomic mass is 9.92. The van der Waals surface area contributed by atoms with Crippen molar-refractivity contribution < 1.29 is 4.79 Å². The molecule has 0 heterocycles. The monoisotopic (exact) mass is 332 g/mol. The second kappa shape index (κ2) is 5.82. The fourth-order valence-corrected chi connectivity index (χ4v) is 3.77. The maximum atomic E-state index is 12.4. The molecule has 0 unspecified atom stereocenters. The molecule has 0 aliphatic rings. The molecule has 0 aromatic heterocycles. The molecule has 0 fully saturated rings. The Morgan fingerprint density at radius 2 is 1.27 bits per heavy atom. The van der Waals surface area contributed by atoms with Crippen molar-refractivity contribution in [3.63, 3.8) is 0 Å². The van der Waals surface area contributed by atoms with Crippen molar-refractivity contribution in [3.8, 4) is 0 Å². The van der Waals surface area contributed by atoms with Gasteiger partial charge in [-0.25, -0.2) is 0 Å². The molecule has 0 saturated carbocycles. The number of carbonyl (C=O) groups is 1. The molecule has 0 amide bonds. The van der Waals surface area contributed by atoms with E-state index in [-0.39, 0.29) is 5.78 Å². The number of hydrogen-bond donors (Lipinski definition) is 0. The van der Waals surface area contributed by atoms with Crippen LogP contribution < -0.4 is 0 Å². The molecule has 122 valence electrons. The van der Waals surface area contributed by atoms with Crippen LogP contribution in [0.2, 0.25) is 0 Å². The van der Waals surface area contributed by atoms with Gasteiger partial charge in [-0.3, -0.25) is 4.79 Å². The molecular weight excluding hydrogens is 316 g/mol. The van der Waals surface area contributed by atoms with E-state index in [0.29, 0.717) is 5.56 Å². The lowest BCUT2D eigenvalue weighted by molar-refractivity contribution is 0.104. The molecule has 26 heavy (non-hydrogen) atoms. The average Bonchev–Trinajstić information content (AvgIpc) is 2.71. The summed E-state index contributed by atoms with van der Waals surface area (Å²) in [5.41, 5.74) is 1.78. The van der Waals surface area contributed by atoms with E-state index < -0.39 is 0 Å². The van der Waals surface area contributed by atoms with E-state index in [9.17, 15) is 4.79 Å². The molecule has 0 radical (unpaired) electrons. The first-order valence-electron chi connectivity index (χ1n) is 8.75. The first kappa shape index (κ1) is 14.9. The Labute approximate surface area is 151 Å². The van der Waals surface area contributed by atoms with Gasteiger partial charge >= 0.3 is 0 Å². The minimum absolute atomic E-state index is 0.0243. The third-order valence-corrected chi connectivity index (χ3v) is 5.03. The van der Waals surface area contributed by atoms with Gasteiger partial charge in [-0.1, -0.05) is 91.0 Å². The van der Waals surface area contributed by atoms with Crippen molar-refractivity contribution in [1.82, 2.24) is 0 Å². The Bertz CT molecular complexity index is 1260. The second-order valence-corrected chi connectivity index (χ2v) is 6.57. The molecule has 5 aromatic carbocycles. The van der Waals surface area contributed by atoms with E-state index in [4.69, 9.17) is 0 Å². The van der Waals surface area contributed by atoms with E-state index in [1.807, 2.05) is 36.4 Å². The van der Waals surface area contributed by atoms with Crippen LogP contribution >= 0.6 is 0 Å². The zero-order valence-electron chi connectivity index (χ0n) is 14.1. The third kappa shape index (κ3) is 2.29. The summed E-state index contributed by atoms with van der Waals surface area (Å²) in [4.78, 5) is 12.4. The molecule has 0 aliphatic carbocycles. The van der Waals surface area contributed by atoms with Gasteiger partial charge in [-0.15, -0.1) is 0 Å². The molecule has 0 N–H and O–H groups in total. The van der Waals surface area contributed by atoms with Crippen molar-refractivity contribution in [2.75, 3.05) is 0 Å². The predicted octanol–water partition coefficient (Wildman–Crippen LogP) is 6.48. The molecule has 1 heteroatoms. The van der Waals surface area contributed by atoms with E-state index in [1.165, 1.54) is 32.3 Å². The van der Waals surface area contributed by atoms with Gasteiger partial charge in [0.15, 0.2) is 5.78 Å². The normalized spacial score (nSPS) is 11.8. The highest BCUT2D eigenvalue weighted by atomic mass is 16.1. The smallest absolute Gasteiger partial charge is 0.185 e. The Hall–Kier alpha value is -3.45. The summed E-state index contributed by atoms with van der Waals surface area (Å²) in [5.74, 6) is 0.0243. The van der Waals surface area contributed by atoms with Crippen LogP contribution in [0.15, 0.2) is 91.0 Å². The lowest BCUT2D eigenvalue weighted by Gasteiger charge is -2.12. The summed E-state index contributed by atoms with van der Waals surface area (Å²) >= 11 is 0. The molecule has 0 bridgehead atoms. The standard InChI is InChI=1S/C25H16O/c26-23(18-5-2-1-3-6-18)16-14-17-9-10-21-12-11-19-7-4-8-20-13-15-22(17)25(21)24(19)20/h1-16H/b16-14+. The first-order chi connectivity index (χ1) is 12.8. The van der Waals surface area contributed by atoms with E-state index in [1.54, 1.807) is 6.08 Å². The maximum Gasteiger partial charge on any atom is 0.185 e. The number of carbonyl (C=O) groups excluding carboxylic acids is 1. The summed E-state index contributed by atoms with van der Waals surface area (Å²) in [6.07, 6.45) is 3.60. The maximum absolute atomic E-state index is 12.4. The van der Waals surface area contributed by atoms with Crippen molar-refractivity contribution in [2.45, 2.75) is 0 Å². The fourth-order valence-electron chi connectivity index (χ4n) is 3.77. The van der Waals surface area contributed by atoms with Crippen LogP contribution in [0.1, 0.15) is 15.9 Å². The van der Waals surface area contributed by atoms with Gasteiger partial charge in [-0.05, 0) is 44.0 Å². The average molecular weight is 332 g/mol. The van der Waals surface area contributed by atoms with E-state index >= 15 is 0 Å². The van der Waals surface area contributed by atoms with Crippen LogP contribution in [0.5, 0.6) is 0 Å². The molecule has 5 aromatic rings. The van der Waals surface area contributed by atoms with Gasteiger partial charge in [0.25, 0.3) is 0 Å². The Balaban J connectivity index is 1.69. The zero-order chi connectivity index (χ0) is 17.5. The molecule has 0 aliphatic heterocycles. The first-order valence-corrected chi connectivity index (χ1v) is 8.75. The summed E-state index contributed by atoms with van der Waals surface area (Å²) in [5, 5.41) is 7.49. The van der Waals surface area contributed by atoms with Gasteiger partial charge in [0, 0.05) is 5.56 Å². The van der Waals surface area contributed by atoms with Crippen molar-refractivity contribution >= 4 is 44.2 Å². The number of ketones is 1. The van der Waals surface area contributed by atoms with Crippen molar-refractivity contribution in [3.05, 3.63) is 102 Å². The van der Waals surface area contributed by atoms with Gasteiger partial charge in [0.2, 0.25) is 0 Å². The molecular formula is C25H16O. The summed E-state index contributed by atoms with van der Waals surface area (Å²) in [6.45, 7) is 0. The highest BCUT2D eigenvalue weighted by Crippen LogP contribution is 2.36. The minimum Gasteiger partial charge on any atom is -0.289 e. The topological polar surface area (TPSA) is 17.1 Å². The second-order valence-electron chi connectivity index (χ2n) is 6.57. The zero-order valence-corrected chi connectivity index (χ0v) is 14.1. The van der Waals surface area contributed by atoms with Crippen LogP contribution in [-0.4, -0.2) is 5.78 Å². The van der Waals surface area contributed by atoms with Crippen LogP contribution in [0.25, 0.3) is 38.4 Å². The minimum atomic E-state index is 0.0243. The van der Waals surface area contributed by atoms with Gasteiger partial charge in [0.1, 0.15) is 0 Å². The quantitative estimate of drug-likeness (QED) is 0.210. The Morgan fingerprint density at radius 3 is 2.04 bits per heavy atom. The molecule has 5 rings (SSSR count). The van der Waals surface area contributed by atoms with E-state index in [0.717, 1.165) is 5.56 Å². The predicted molar refractivity (Wildman–Crippen MR) is 110 cm³/mol. The number of rotatable bonds is 3.